The second-order valence-electron chi connectivity index (χ2n) is 3.39. The maximum absolute atomic E-state index is 13.2. The highest BCUT2D eigenvalue weighted by molar-refractivity contribution is 9.09. The third-order valence-corrected chi connectivity index (χ3v) is 2.60. The maximum atomic E-state index is 13.2. The van der Waals surface area contributed by atoms with Crippen molar-refractivity contribution in [3.05, 3.63) is 35.4 Å². The van der Waals surface area contributed by atoms with Crippen LogP contribution >= 0.6 is 15.9 Å². The fraction of sp³-hybridized carbons (Fsp3) is 0.364. The monoisotopic (exact) mass is 307 g/mol. The molecule has 1 rings (SSSR count). The van der Waals surface area contributed by atoms with E-state index in [9.17, 15) is 13.6 Å². The van der Waals surface area contributed by atoms with Crippen LogP contribution in [0.15, 0.2) is 18.2 Å². The number of halogens is 3. The van der Waals surface area contributed by atoms with Crippen molar-refractivity contribution in [2.75, 3.05) is 20.3 Å². The van der Waals surface area contributed by atoms with Gasteiger partial charge in [-0.25, -0.2) is 8.78 Å². The fourth-order valence-electron chi connectivity index (χ4n) is 1.21. The molecule has 0 heterocycles. The molecule has 0 aliphatic carbocycles. The molecule has 1 unspecified atom stereocenters. The summed E-state index contributed by atoms with van der Waals surface area (Å²) in [6.45, 7) is 0.718. The average molecular weight is 308 g/mol. The molecule has 1 aromatic rings. The van der Waals surface area contributed by atoms with Gasteiger partial charge in [0.2, 0.25) is 0 Å². The number of carbonyl (C=O) groups is 1. The smallest absolute Gasteiger partial charge is 0.254 e. The lowest BCUT2D eigenvalue weighted by Gasteiger charge is -2.10. The molecule has 17 heavy (non-hydrogen) atoms. The summed E-state index contributed by atoms with van der Waals surface area (Å²) in [7, 11) is 1.54. The Morgan fingerprint density at radius 3 is 2.82 bits per heavy atom. The minimum Gasteiger partial charge on any atom is -0.383 e. The summed E-state index contributed by atoms with van der Waals surface area (Å²) >= 11 is 3.28. The van der Waals surface area contributed by atoms with Gasteiger partial charge in [0, 0.05) is 19.7 Å². The first-order valence-corrected chi connectivity index (χ1v) is 5.82. The predicted molar refractivity (Wildman–Crippen MR) is 63.3 cm³/mol. The second-order valence-corrected chi connectivity index (χ2v) is 4.68. The average Bonchev–Trinajstić information content (AvgIpc) is 2.26. The fourth-order valence-corrected chi connectivity index (χ4v) is 1.64. The van der Waals surface area contributed by atoms with Crippen LogP contribution in [0.4, 0.5) is 8.78 Å². The molecule has 1 atom stereocenters. The summed E-state index contributed by atoms with van der Waals surface area (Å²) in [6.07, 6.45) is 0. The van der Waals surface area contributed by atoms with Crippen LogP contribution in [0.2, 0.25) is 0 Å². The Labute approximate surface area is 106 Å². The van der Waals surface area contributed by atoms with Crippen molar-refractivity contribution in [1.29, 1.82) is 0 Å². The molecule has 0 bridgehead atoms. The third kappa shape index (κ3) is 4.40. The van der Waals surface area contributed by atoms with Gasteiger partial charge in [-0.2, -0.15) is 0 Å². The Balaban J connectivity index is 2.58. The number of amides is 1. The number of ether oxygens (including phenoxy) is 1. The van der Waals surface area contributed by atoms with Crippen LogP contribution < -0.4 is 5.32 Å². The highest BCUT2D eigenvalue weighted by atomic mass is 79.9. The minimum atomic E-state index is -0.875. The van der Waals surface area contributed by atoms with Crippen LogP contribution in [-0.4, -0.2) is 31.0 Å². The lowest BCUT2D eigenvalue weighted by atomic mass is 10.2. The lowest BCUT2D eigenvalue weighted by Crippen LogP contribution is -2.31. The van der Waals surface area contributed by atoms with Crippen LogP contribution in [0.1, 0.15) is 10.4 Å². The Kier molecular flexibility index (Phi) is 5.50. The van der Waals surface area contributed by atoms with Crippen molar-refractivity contribution in [2.45, 2.75) is 4.83 Å². The molecule has 0 saturated heterocycles. The molecule has 3 nitrogen and oxygen atoms in total. The van der Waals surface area contributed by atoms with Crippen LogP contribution in [0.3, 0.4) is 0 Å². The summed E-state index contributed by atoms with van der Waals surface area (Å²) in [4.78, 5) is 11.5. The van der Waals surface area contributed by atoms with Crippen LogP contribution in [0.5, 0.6) is 0 Å². The van der Waals surface area contributed by atoms with Crippen LogP contribution in [0, 0.1) is 11.6 Å². The number of methoxy groups -OCH3 is 1. The van der Waals surface area contributed by atoms with Gasteiger partial charge in [-0.05, 0) is 12.1 Å². The van der Waals surface area contributed by atoms with Gasteiger partial charge in [0.05, 0.1) is 17.0 Å². The lowest BCUT2D eigenvalue weighted by molar-refractivity contribution is 0.0946. The molecule has 1 amide bonds. The van der Waals surface area contributed by atoms with Crippen LogP contribution in [0.25, 0.3) is 0 Å². The summed E-state index contributed by atoms with van der Waals surface area (Å²) in [5, 5.41) is 2.52. The first kappa shape index (κ1) is 14.1. The molecular formula is C11H12BrF2NO2. The third-order valence-electron chi connectivity index (χ3n) is 2.01. The normalized spacial score (nSPS) is 12.2. The van der Waals surface area contributed by atoms with E-state index in [4.69, 9.17) is 4.74 Å². The van der Waals surface area contributed by atoms with E-state index in [1.54, 1.807) is 0 Å². The van der Waals surface area contributed by atoms with Crippen molar-refractivity contribution in [3.63, 3.8) is 0 Å². The quantitative estimate of drug-likeness (QED) is 0.846. The van der Waals surface area contributed by atoms with Gasteiger partial charge < -0.3 is 10.1 Å². The zero-order valence-corrected chi connectivity index (χ0v) is 10.8. The molecule has 0 aromatic heterocycles. The van der Waals surface area contributed by atoms with Crippen molar-refractivity contribution < 1.29 is 18.3 Å². The summed E-state index contributed by atoms with van der Waals surface area (Å²) in [5.74, 6) is -2.17. The van der Waals surface area contributed by atoms with Crippen LogP contribution in [-0.2, 0) is 4.74 Å². The molecular weight excluding hydrogens is 296 g/mol. The summed E-state index contributed by atoms with van der Waals surface area (Å²) < 4.78 is 30.7. The zero-order chi connectivity index (χ0) is 12.8. The van der Waals surface area contributed by atoms with Crippen molar-refractivity contribution in [1.82, 2.24) is 5.32 Å². The second kappa shape index (κ2) is 6.66. The summed E-state index contributed by atoms with van der Waals surface area (Å²) in [5.41, 5.74) is -0.177. The Bertz CT molecular complexity index is 401. The van der Waals surface area contributed by atoms with Gasteiger partial charge in [-0.3, -0.25) is 4.79 Å². The first-order chi connectivity index (χ1) is 8.04. The van der Waals surface area contributed by atoms with Gasteiger partial charge in [-0.1, -0.05) is 15.9 Å². The summed E-state index contributed by atoms with van der Waals surface area (Å²) in [6, 6.07) is 2.83. The van der Waals surface area contributed by atoms with E-state index in [-0.39, 0.29) is 10.4 Å². The number of benzene rings is 1. The number of hydrogen-bond acceptors (Lipinski definition) is 2. The van der Waals surface area contributed by atoms with Crippen molar-refractivity contribution in [3.8, 4) is 0 Å². The number of nitrogens with one attached hydrogen (secondary N) is 1. The molecule has 94 valence electrons. The minimum absolute atomic E-state index is 0.0556. The van der Waals surface area contributed by atoms with E-state index < -0.39 is 17.5 Å². The van der Waals surface area contributed by atoms with Gasteiger partial charge in [0.15, 0.2) is 0 Å². The standard InChI is InChI=1S/C11H12BrF2NO2/c1-17-6-7(12)5-15-11(16)9-3-2-8(13)4-10(9)14/h2-4,7H,5-6H2,1H3,(H,15,16). The molecule has 1 aromatic carbocycles. The Morgan fingerprint density at radius 1 is 1.53 bits per heavy atom. The highest BCUT2D eigenvalue weighted by Crippen LogP contribution is 2.09. The van der Waals surface area contributed by atoms with E-state index in [1.165, 1.54) is 7.11 Å². The molecule has 6 heteroatoms. The molecule has 0 fully saturated rings. The number of carbonyl (C=O) groups excluding carboxylic acids is 1. The molecule has 0 spiro atoms. The van der Waals surface area contributed by atoms with Gasteiger partial charge in [0.1, 0.15) is 11.6 Å². The van der Waals surface area contributed by atoms with Crippen molar-refractivity contribution in [2.24, 2.45) is 0 Å². The van der Waals surface area contributed by atoms with Gasteiger partial charge >= 0.3 is 0 Å². The highest BCUT2D eigenvalue weighted by Gasteiger charge is 2.13. The zero-order valence-electron chi connectivity index (χ0n) is 9.17. The topological polar surface area (TPSA) is 38.3 Å². The Morgan fingerprint density at radius 2 is 2.24 bits per heavy atom. The Hall–Kier alpha value is -1.01. The molecule has 0 aliphatic rings. The molecule has 0 radical (unpaired) electrons. The number of alkyl halides is 1. The maximum Gasteiger partial charge on any atom is 0.254 e. The van der Waals surface area contributed by atoms with Crippen molar-refractivity contribution >= 4 is 21.8 Å². The number of hydrogen-bond donors (Lipinski definition) is 1. The van der Waals surface area contributed by atoms with Gasteiger partial charge in [0.25, 0.3) is 5.91 Å². The SMILES string of the molecule is COCC(Br)CNC(=O)c1ccc(F)cc1F. The molecule has 1 N–H and O–H groups in total. The van der Waals surface area contributed by atoms with Gasteiger partial charge in [-0.15, -0.1) is 0 Å². The van der Waals surface area contributed by atoms with E-state index in [0.29, 0.717) is 19.2 Å². The number of rotatable bonds is 5. The molecule has 0 saturated carbocycles. The molecule has 0 aliphatic heterocycles. The van der Waals surface area contributed by atoms with E-state index in [2.05, 4.69) is 21.2 Å². The largest absolute Gasteiger partial charge is 0.383 e. The predicted octanol–water partition coefficient (Wildman–Crippen LogP) is 2.10. The van der Waals surface area contributed by atoms with E-state index in [1.807, 2.05) is 0 Å². The first-order valence-electron chi connectivity index (χ1n) is 4.91. The van der Waals surface area contributed by atoms with E-state index in [0.717, 1.165) is 12.1 Å². The van der Waals surface area contributed by atoms with E-state index >= 15 is 0 Å².